The minimum Gasteiger partial charge on any atom is -0.495 e. The van der Waals surface area contributed by atoms with E-state index in [1.165, 1.54) is 11.4 Å². The van der Waals surface area contributed by atoms with Crippen LogP contribution in [0.1, 0.15) is 12.8 Å². The fraction of sp³-hybridized carbons (Fsp3) is 0.571. The molecule has 1 aromatic carbocycles. The maximum atomic E-state index is 12.6. The van der Waals surface area contributed by atoms with Crippen LogP contribution in [0.4, 0.5) is 0 Å². The van der Waals surface area contributed by atoms with Crippen LogP contribution in [0.15, 0.2) is 29.2 Å². The van der Waals surface area contributed by atoms with Crippen LogP contribution in [0, 0.1) is 5.92 Å². The number of sulfonamides is 1. The summed E-state index contributed by atoms with van der Waals surface area (Å²) in [4.78, 5) is 0.243. The number of rotatable bonds is 5. The smallest absolute Gasteiger partial charge is 0.246 e. The van der Waals surface area contributed by atoms with Gasteiger partial charge in [0.1, 0.15) is 10.6 Å². The van der Waals surface area contributed by atoms with Crippen LogP contribution < -0.4 is 4.74 Å². The third kappa shape index (κ3) is 3.13. The Morgan fingerprint density at radius 1 is 1.20 bits per heavy atom. The molecule has 1 saturated heterocycles. The first-order valence-electron chi connectivity index (χ1n) is 6.71. The second-order valence-electron chi connectivity index (χ2n) is 4.95. The first kappa shape index (κ1) is 15.3. The molecule has 0 N–H and O–H groups in total. The largest absolute Gasteiger partial charge is 0.495 e. The molecular formula is C14H21NO4S. The van der Waals surface area contributed by atoms with E-state index in [-0.39, 0.29) is 4.90 Å². The van der Waals surface area contributed by atoms with Crippen molar-refractivity contribution in [2.45, 2.75) is 17.7 Å². The zero-order valence-corrected chi connectivity index (χ0v) is 12.7. The Balaban J connectivity index is 2.16. The third-order valence-corrected chi connectivity index (χ3v) is 5.60. The molecule has 112 valence electrons. The predicted molar refractivity (Wildman–Crippen MR) is 76.4 cm³/mol. The van der Waals surface area contributed by atoms with E-state index in [0.717, 1.165) is 12.8 Å². The SMILES string of the molecule is COCC1CCN(S(=O)(=O)c2ccccc2OC)CC1. The lowest BCUT2D eigenvalue weighted by atomic mass is 9.99. The maximum Gasteiger partial charge on any atom is 0.246 e. The van der Waals surface area contributed by atoms with Crippen LogP contribution in [0.3, 0.4) is 0 Å². The fourth-order valence-corrected chi connectivity index (χ4v) is 4.15. The van der Waals surface area contributed by atoms with Gasteiger partial charge in [-0.1, -0.05) is 12.1 Å². The van der Waals surface area contributed by atoms with Gasteiger partial charge in [-0.15, -0.1) is 0 Å². The fourth-order valence-electron chi connectivity index (χ4n) is 2.52. The van der Waals surface area contributed by atoms with E-state index in [0.29, 0.717) is 31.4 Å². The highest BCUT2D eigenvalue weighted by atomic mass is 32.2. The van der Waals surface area contributed by atoms with Crippen LogP contribution in [0.2, 0.25) is 0 Å². The van der Waals surface area contributed by atoms with E-state index in [1.807, 2.05) is 0 Å². The van der Waals surface area contributed by atoms with Crippen LogP contribution in [0.5, 0.6) is 5.75 Å². The highest BCUT2D eigenvalue weighted by Crippen LogP contribution is 2.29. The molecule has 1 aliphatic rings. The lowest BCUT2D eigenvalue weighted by molar-refractivity contribution is 0.121. The molecule has 0 bridgehead atoms. The summed E-state index contributed by atoms with van der Waals surface area (Å²) in [6.45, 7) is 1.77. The van der Waals surface area contributed by atoms with Crippen molar-refractivity contribution in [3.63, 3.8) is 0 Å². The molecule has 0 atom stereocenters. The molecule has 0 unspecified atom stereocenters. The average molecular weight is 299 g/mol. The van der Waals surface area contributed by atoms with Gasteiger partial charge >= 0.3 is 0 Å². The zero-order valence-electron chi connectivity index (χ0n) is 11.9. The first-order valence-corrected chi connectivity index (χ1v) is 8.15. The van der Waals surface area contributed by atoms with Crippen molar-refractivity contribution in [2.75, 3.05) is 33.9 Å². The Labute approximate surface area is 120 Å². The van der Waals surface area contributed by atoms with E-state index in [4.69, 9.17) is 9.47 Å². The van der Waals surface area contributed by atoms with Crippen molar-refractivity contribution in [1.82, 2.24) is 4.31 Å². The summed E-state index contributed by atoms with van der Waals surface area (Å²) in [5.41, 5.74) is 0. The Hall–Kier alpha value is -1.11. The highest BCUT2D eigenvalue weighted by molar-refractivity contribution is 7.89. The topological polar surface area (TPSA) is 55.8 Å². The standard InChI is InChI=1S/C14H21NO4S/c1-18-11-12-7-9-15(10-8-12)20(16,17)14-6-4-3-5-13(14)19-2/h3-6,12H,7-11H2,1-2H3. The number of piperidine rings is 1. The zero-order chi connectivity index (χ0) is 14.6. The van der Waals surface area contributed by atoms with Crippen molar-refractivity contribution in [3.8, 4) is 5.75 Å². The van der Waals surface area contributed by atoms with Gasteiger partial charge in [-0.2, -0.15) is 4.31 Å². The number of methoxy groups -OCH3 is 2. The molecule has 0 spiro atoms. The monoisotopic (exact) mass is 299 g/mol. The lowest BCUT2D eigenvalue weighted by Crippen LogP contribution is -2.39. The molecule has 1 fully saturated rings. The van der Waals surface area contributed by atoms with Crippen LogP contribution >= 0.6 is 0 Å². The quantitative estimate of drug-likeness (QED) is 0.831. The Morgan fingerprint density at radius 2 is 1.85 bits per heavy atom. The molecule has 1 aliphatic heterocycles. The minimum atomic E-state index is -3.48. The molecule has 0 aliphatic carbocycles. The Kier molecular flexibility index (Phi) is 5.01. The van der Waals surface area contributed by atoms with E-state index in [9.17, 15) is 8.42 Å². The Bertz CT molecular complexity index is 536. The van der Waals surface area contributed by atoms with Gasteiger partial charge in [0.2, 0.25) is 10.0 Å². The normalized spacial score (nSPS) is 18.1. The number of nitrogens with zero attached hydrogens (tertiary/aromatic N) is 1. The van der Waals surface area contributed by atoms with Crippen molar-refractivity contribution < 1.29 is 17.9 Å². The molecule has 6 heteroatoms. The molecule has 0 amide bonds. The molecule has 0 radical (unpaired) electrons. The van der Waals surface area contributed by atoms with Gasteiger partial charge in [0.25, 0.3) is 0 Å². The van der Waals surface area contributed by atoms with Crippen LogP contribution in [0.25, 0.3) is 0 Å². The highest BCUT2D eigenvalue weighted by Gasteiger charge is 2.31. The van der Waals surface area contributed by atoms with Gasteiger partial charge in [0.05, 0.1) is 7.11 Å². The van der Waals surface area contributed by atoms with Crippen molar-refractivity contribution in [1.29, 1.82) is 0 Å². The number of para-hydroxylation sites is 1. The minimum absolute atomic E-state index is 0.243. The van der Waals surface area contributed by atoms with E-state index >= 15 is 0 Å². The Morgan fingerprint density at radius 3 is 2.45 bits per heavy atom. The van der Waals surface area contributed by atoms with Gasteiger partial charge in [-0.05, 0) is 30.9 Å². The maximum absolute atomic E-state index is 12.6. The molecule has 5 nitrogen and oxygen atoms in total. The third-order valence-electron chi connectivity index (χ3n) is 3.66. The van der Waals surface area contributed by atoms with Crippen LogP contribution in [-0.4, -0.2) is 46.6 Å². The second kappa shape index (κ2) is 6.56. The summed E-state index contributed by atoms with van der Waals surface area (Å²) in [5, 5.41) is 0. The number of benzene rings is 1. The summed E-state index contributed by atoms with van der Waals surface area (Å²) in [6, 6.07) is 6.75. The van der Waals surface area contributed by atoms with E-state index < -0.39 is 10.0 Å². The van der Waals surface area contributed by atoms with Crippen LogP contribution in [-0.2, 0) is 14.8 Å². The summed E-state index contributed by atoms with van der Waals surface area (Å²) in [7, 11) is -0.312. The van der Waals surface area contributed by atoms with Gasteiger partial charge < -0.3 is 9.47 Å². The first-order chi connectivity index (χ1) is 9.59. The molecule has 1 aromatic rings. The summed E-state index contributed by atoms with van der Waals surface area (Å²) in [6.07, 6.45) is 1.67. The number of hydrogen-bond donors (Lipinski definition) is 0. The van der Waals surface area contributed by atoms with E-state index in [1.54, 1.807) is 31.4 Å². The van der Waals surface area contributed by atoms with E-state index in [2.05, 4.69) is 0 Å². The van der Waals surface area contributed by atoms with Gasteiger partial charge in [0.15, 0.2) is 0 Å². The van der Waals surface area contributed by atoms with Gasteiger partial charge in [0, 0.05) is 26.8 Å². The summed E-state index contributed by atoms with van der Waals surface area (Å²) < 4.78 is 37.1. The van der Waals surface area contributed by atoms with Crippen molar-refractivity contribution >= 4 is 10.0 Å². The lowest BCUT2D eigenvalue weighted by Gasteiger charge is -2.31. The predicted octanol–water partition coefficient (Wildman–Crippen LogP) is 1.74. The summed E-state index contributed by atoms with van der Waals surface area (Å²) >= 11 is 0. The number of hydrogen-bond acceptors (Lipinski definition) is 4. The number of ether oxygens (including phenoxy) is 2. The van der Waals surface area contributed by atoms with Gasteiger partial charge in [-0.25, -0.2) is 8.42 Å². The van der Waals surface area contributed by atoms with Crippen molar-refractivity contribution in [2.24, 2.45) is 5.92 Å². The molecule has 1 heterocycles. The average Bonchev–Trinajstić information content (AvgIpc) is 2.48. The molecule has 20 heavy (non-hydrogen) atoms. The van der Waals surface area contributed by atoms with Gasteiger partial charge in [-0.3, -0.25) is 0 Å². The molecular weight excluding hydrogens is 278 g/mol. The second-order valence-corrected chi connectivity index (χ2v) is 6.86. The molecule has 0 aromatic heterocycles. The molecule has 0 saturated carbocycles. The summed E-state index contributed by atoms with van der Waals surface area (Å²) in [5.74, 6) is 0.843. The molecule has 2 rings (SSSR count). The van der Waals surface area contributed by atoms with Crippen molar-refractivity contribution in [3.05, 3.63) is 24.3 Å².